The molecule has 2 heterocycles. The summed E-state index contributed by atoms with van der Waals surface area (Å²) in [4.78, 5) is 0. The highest BCUT2D eigenvalue weighted by atomic mass is 16.5. The highest BCUT2D eigenvalue weighted by Gasteiger charge is 2.60. The van der Waals surface area contributed by atoms with Crippen LogP contribution >= 0.6 is 0 Å². The van der Waals surface area contributed by atoms with Gasteiger partial charge in [-0.2, -0.15) is 5.26 Å². The van der Waals surface area contributed by atoms with Gasteiger partial charge in [0, 0.05) is 24.5 Å². The van der Waals surface area contributed by atoms with Crippen LogP contribution in [0.5, 0.6) is 5.75 Å². The van der Waals surface area contributed by atoms with Crippen LogP contribution in [0.1, 0.15) is 31.4 Å². The first-order chi connectivity index (χ1) is 9.75. The first-order valence-electron chi connectivity index (χ1n) is 7.21. The van der Waals surface area contributed by atoms with Crippen molar-refractivity contribution in [2.45, 2.75) is 32.0 Å². The molecule has 0 bridgehead atoms. The van der Waals surface area contributed by atoms with Crippen molar-refractivity contribution in [1.29, 1.82) is 5.26 Å². The van der Waals surface area contributed by atoms with E-state index in [1.807, 2.05) is 24.3 Å². The number of allylic oxidation sites excluding steroid dienone is 1. The summed E-state index contributed by atoms with van der Waals surface area (Å²) in [7, 11) is 0. The third-order valence-corrected chi connectivity index (χ3v) is 4.95. The van der Waals surface area contributed by atoms with Crippen LogP contribution in [0.3, 0.4) is 0 Å². The zero-order valence-electron chi connectivity index (χ0n) is 11.5. The van der Waals surface area contributed by atoms with Crippen molar-refractivity contribution in [3.05, 3.63) is 41.5 Å². The molecule has 102 valence electrons. The van der Waals surface area contributed by atoms with Crippen LogP contribution in [0, 0.1) is 22.7 Å². The summed E-state index contributed by atoms with van der Waals surface area (Å²) in [6, 6.07) is 10.6. The van der Waals surface area contributed by atoms with E-state index in [0.717, 1.165) is 24.2 Å². The van der Waals surface area contributed by atoms with Gasteiger partial charge in [-0.15, -0.1) is 0 Å². The zero-order valence-corrected chi connectivity index (χ0v) is 11.5. The molecule has 0 saturated carbocycles. The fourth-order valence-electron chi connectivity index (χ4n) is 4.04. The highest BCUT2D eigenvalue weighted by molar-refractivity contribution is 5.44. The van der Waals surface area contributed by atoms with Crippen molar-refractivity contribution in [3.8, 4) is 11.8 Å². The Kier molecular flexibility index (Phi) is 2.46. The van der Waals surface area contributed by atoms with Gasteiger partial charge in [-0.3, -0.25) is 0 Å². The fraction of sp³-hybridized carbons (Fsp3) is 0.471. The first kappa shape index (κ1) is 12.0. The standard InChI is InChI=1S/C17H17NO2/c1-11-8-12-6-7-19-16-13-4-2-3-5-14(13)20-15(9-11)17(12,16)10-18/h2-5,8,12,15-16H,6-7,9H2,1H3/t12-,15-,16-,17+/m0/s1. The molecule has 1 aliphatic carbocycles. The summed E-state index contributed by atoms with van der Waals surface area (Å²) in [5.74, 6) is 1.11. The minimum absolute atomic E-state index is 0.0947. The van der Waals surface area contributed by atoms with Gasteiger partial charge in [-0.05, 0) is 19.4 Å². The Hall–Kier alpha value is -1.79. The quantitative estimate of drug-likeness (QED) is 0.677. The van der Waals surface area contributed by atoms with E-state index in [9.17, 15) is 5.26 Å². The SMILES string of the molecule is CC1=C[C@@H]2CCO[C@H]3c4ccccc4O[C@@H](C1)[C@@]23C#N. The van der Waals surface area contributed by atoms with E-state index >= 15 is 0 Å². The summed E-state index contributed by atoms with van der Waals surface area (Å²) in [5.41, 5.74) is 1.79. The van der Waals surface area contributed by atoms with Gasteiger partial charge in [0.2, 0.25) is 0 Å². The average molecular weight is 267 g/mol. The molecule has 1 aromatic carbocycles. The van der Waals surface area contributed by atoms with Gasteiger partial charge in [-0.1, -0.05) is 29.8 Å². The molecule has 1 saturated heterocycles. The molecule has 4 atom stereocenters. The van der Waals surface area contributed by atoms with Crippen molar-refractivity contribution in [3.63, 3.8) is 0 Å². The first-order valence-corrected chi connectivity index (χ1v) is 7.21. The summed E-state index contributed by atoms with van der Waals surface area (Å²) in [6.45, 7) is 2.85. The molecule has 4 rings (SSSR count). The molecule has 0 radical (unpaired) electrons. The summed E-state index contributed by atoms with van der Waals surface area (Å²) < 4.78 is 12.2. The van der Waals surface area contributed by atoms with Crippen LogP contribution in [-0.2, 0) is 4.74 Å². The Bertz CT molecular complexity index is 630. The molecule has 3 heteroatoms. The molecule has 0 spiro atoms. The largest absolute Gasteiger partial charge is 0.488 e. The highest BCUT2D eigenvalue weighted by Crippen LogP contribution is 2.58. The molecular formula is C17H17NO2. The molecule has 0 unspecified atom stereocenters. The topological polar surface area (TPSA) is 42.2 Å². The molecule has 1 aromatic rings. The van der Waals surface area contributed by atoms with E-state index in [4.69, 9.17) is 9.47 Å². The minimum Gasteiger partial charge on any atom is -0.488 e. The minimum atomic E-state index is -0.563. The summed E-state index contributed by atoms with van der Waals surface area (Å²) in [5, 5.41) is 9.96. The van der Waals surface area contributed by atoms with Crippen LogP contribution in [0.15, 0.2) is 35.9 Å². The fourth-order valence-corrected chi connectivity index (χ4v) is 4.04. The molecular weight excluding hydrogens is 250 g/mol. The van der Waals surface area contributed by atoms with E-state index in [1.165, 1.54) is 5.57 Å². The van der Waals surface area contributed by atoms with Gasteiger partial charge < -0.3 is 9.47 Å². The number of fused-ring (bicyclic) bond motifs is 2. The zero-order chi connectivity index (χ0) is 13.7. The van der Waals surface area contributed by atoms with Gasteiger partial charge in [0.25, 0.3) is 0 Å². The average Bonchev–Trinajstić information content (AvgIpc) is 2.47. The van der Waals surface area contributed by atoms with Gasteiger partial charge in [0.1, 0.15) is 23.4 Å². The Morgan fingerprint density at radius 2 is 2.20 bits per heavy atom. The number of ether oxygens (including phenoxy) is 2. The van der Waals surface area contributed by atoms with Crippen LogP contribution < -0.4 is 4.74 Å². The second kappa shape index (κ2) is 4.10. The van der Waals surface area contributed by atoms with E-state index in [-0.39, 0.29) is 18.1 Å². The Morgan fingerprint density at radius 1 is 1.35 bits per heavy atom. The maximum atomic E-state index is 9.96. The Balaban J connectivity index is 1.93. The van der Waals surface area contributed by atoms with E-state index in [2.05, 4.69) is 19.1 Å². The van der Waals surface area contributed by atoms with E-state index < -0.39 is 5.41 Å². The number of nitrogens with zero attached hydrogens (tertiary/aromatic N) is 1. The van der Waals surface area contributed by atoms with Crippen molar-refractivity contribution < 1.29 is 9.47 Å². The number of rotatable bonds is 0. The van der Waals surface area contributed by atoms with Crippen LogP contribution in [0.4, 0.5) is 0 Å². The van der Waals surface area contributed by atoms with Crippen molar-refractivity contribution >= 4 is 0 Å². The van der Waals surface area contributed by atoms with Crippen molar-refractivity contribution in [2.24, 2.45) is 11.3 Å². The monoisotopic (exact) mass is 267 g/mol. The van der Waals surface area contributed by atoms with Crippen LogP contribution in [0.25, 0.3) is 0 Å². The summed E-state index contributed by atoms with van der Waals surface area (Å²) in [6.07, 6.45) is 3.74. The van der Waals surface area contributed by atoms with Crippen molar-refractivity contribution in [1.82, 2.24) is 0 Å². The van der Waals surface area contributed by atoms with Crippen molar-refractivity contribution in [2.75, 3.05) is 6.61 Å². The van der Waals surface area contributed by atoms with E-state index in [0.29, 0.717) is 6.61 Å². The molecule has 0 aromatic heterocycles. The predicted molar refractivity (Wildman–Crippen MR) is 74.1 cm³/mol. The van der Waals surface area contributed by atoms with Gasteiger partial charge >= 0.3 is 0 Å². The van der Waals surface area contributed by atoms with Crippen LogP contribution in [0.2, 0.25) is 0 Å². The normalized spacial score (nSPS) is 37.8. The number of hydrogen-bond donors (Lipinski definition) is 0. The predicted octanol–water partition coefficient (Wildman–Crippen LogP) is 3.39. The molecule has 1 fully saturated rings. The number of hydrogen-bond acceptors (Lipinski definition) is 3. The van der Waals surface area contributed by atoms with Gasteiger partial charge in [0.15, 0.2) is 0 Å². The molecule has 2 aliphatic heterocycles. The number of nitriles is 1. The van der Waals surface area contributed by atoms with Gasteiger partial charge in [-0.25, -0.2) is 0 Å². The van der Waals surface area contributed by atoms with Crippen LogP contribution in [-0.4, -0.2) is 12.7 Å². The molecule has 0 amide bonds. The maximum absolute atomic E-state index is 9.96. The molecule has 0 N–H and O–H groups in total. The smallest absolute Gasteiger partial charge is 0.131 e. The van der Waals surface area contributed by atoms with E-state index in [1.54, 1.807) is 0 Å². The molecule has 20 heavy (non-hydrogen) atoms. The lowest BCUT2D eigenvalue weighted by molar-refractivity contribution is -0.145. The lowest BCUT2D eigenvalue weighted by atomic mass is 9.59. The summed E-state index contributed by atoms with van der Waals surface area (Å²) >= 11 is 0. The lowest BCUT2D eigenvalue weighted by Gasteiger charge is -2.53. The third-order valence-electron chi connectivity index (χ3n) is 4.95. The Labute approximate surface area is 118 Å². The third kappa shape index (κ3) is 1.38. The lowest BCUT2D eigenvalue weighted by Crippen LogP contribution is -2.55. The maximum Gasteiger partial charge on any atom is 0.131 e. The Morgan fingerprint density at radius 3 is 3.05 bits per heavy atom. The second-order valence-electron chi connectivity index (χ2n) is 6.05. The van der Waals surface area contributed by atoms with Gasteiger partial charge in [0.05, 0.1) is 6.07 Å². The number of benzene rings is 1. The molecule has 3 aliphatic rings. The number of para-hydroxylation sites is 1. The second-order valence-corrected chi connectivity index (χ2v) is 6.05. The molecule has 3 nitrogen and oxygen atoms in total.